The third-order valence-electron chi connectivity index (χ3n) is 3.31. The van der Waals surface area contributed by atoms with E-state index in [0.29, 0.717) is 12.3 Å². The standard InChI is InChI=1S/C12H22N2O2/c1-9(12(13)16)14-11(15)8-7-10-5-3-2-4-6-10/h9-10H,2-8H2,1H3,(H2,13,16)(H,14,15). The molecule has 3 N–H and O–H groups in total. The molecule has 0 spiro atoms. The number of hydrogen-bond donors (Lipinski definition) is 2. The Labute approximate surface area is 97.0 Å². The molecule has 1 rings (SSSR count). The van der Waals surface area contributed by atoms with Gasteiger partial charge in [-0.05, 0) is 19.3 Å². The van der Waals surface area contributed by atoms with Crippen LogP contribution >= 0.6 is 0 Å². The molecule has 1 aliphatic carbocycles. The zero-order valence-electron chi connectivity index (χ0n) is 10.00. The Balaban J connectivity index is 2.16. The highest BCUT2D eigenvalue weighted by Crippen LogP contribution is 2.27. The predicted molar refractivity (Wildman–Crippen MR) is 62.6 cm³/mol. The van der Waals surface area contributed by atoms with E-state index >= 15 is 0 Å². The Morgan fingerprint density at radius 2 is 1.94 bits per heavy atom. The van der Waals surface area contributed by atoms with Gasteiger partial charge in [0.1, 0.15) is 6.04 Å². The lowest BCUT2D eigenvalue weighted by molar-refractivity contribution is -0.127. The minimum atomic E-state index is -0.557. The fraction of sp³-hybridized carbons (Fsp3) is 0.833. The van der Waals surface area contributed by atoms with Gasteiger partial charge in [-0.1, -0.05) is 32.1 Å². The van der Waals surface area contributed by atoms with Gasteiger partial charge in [-0.25, -0.2) is 0 Å². The van der Waals surface area contributed by atoms with Crippen molar-refractivity contribution in [2.75, 3.05) is 0 Å². The molecule has 0 aromatic carbocycles. The van der Waals surface area contributed by atoms with Gasteiger partial charge in [0.2, 0.25) is 11.8 Å². The second kappa shape index (κ2) is 6.51. The van der Waals surface area contributed by atoms with Crippen LogP contribution in [0, 0.1) is 5.92 Å². The van der Waals surface area contributed by atoms with Crippen LogP contribution in [0.1, 0.15) is 51.9 Å². The summed E-state index contributed by atoms with van der Waals surface area (Å²) >= 11 is 0. The summed E-state index contributed by atoms with van der Waals surface area (Å²) in [5.41, 5.74) is 5.07. The van der Waals surface area contributed by atoms with Crippen LogP contribution in [0.15, 0.2) is 0 Å². The lowest BCUT2D eigenvalue weighted by atomic mass is 9.86. The Hall–Kier alpha value is -1.06. The molecule has 0 aliphatic heterocycles. The molecule has 1 saturated carbocycles. The number of carbonyl (C=O) groups excluding carboxylic acids is 2. The van der Waals surface area contributed by atoms with Crippen molar-refractivity contribution in [3.05, 3.63) is 0 Å². The molecule has 1 unspecified atom stereocenters. The van der Waals surface area contributed by atoms with Crippen molar-refractivity contribution >= 4 is 11.8 Å². The van der Waals surface area contributed by atoms with Crippen molar-refractivity contribution in [1.29, 1.82) is 0 Å². The summed E-state index contributed by atoms with van der Waals surface area (Å²) < 4.78 is 0. The number of amides is 2. The van der Waals surface area contributed by atoms with Gasteiger partial charge in [0, 0.05) is 6.42 Å². The number of carbonyl (C=O) groups is 2. The summed E-state index contributed by atoms with van der Waals surface area (Å²) in [6.45, 7) is 1.61. The van der Waals surface area contributed by atoms with Crippen molar-refractivity contribution in [2.24, 2.45) is 11.7 Å². The van der Waals surface area contributed by atoms with Gasteiger partial charge in [-0.3, -0.25) is 9.59 Å². The first-order chi connectivity index (χ1) is 7.59. The van der Waals surface area contributed by atoms with Crippen molar-refractivity contribution in [2.45, 2.75) is 57.9 Å². The normalized spacial score (nSPS) is 19.1. The summed E-state index contributed by atoms with van der Waals surface area (Å²) in [7, 11) is 0. The molecule has 4 heteroatoms. The number of rotatable bonds is 5. The average Bonchev–Trinajstić information content (AvgIpc) is 2.27. The largest absolute Gasteiger partial charge is 0.368 e. The van der Waals surface area contributed by atoms with Gasteiger partial charge in [0.25, 0.3) is 0 Å². The second-order valence-electron chi connectivity index (χ2n) is 4.73. The van der Waals surface area contributed by atoms with Gasteiger partial charge in [-0.2, -0.15) is 0 Å². The lowest BCUT2D eigenvalue weighted by Crippen LogP contribution is -2.42. The highest BCUT2D eigenvalue weighted by atomic mass is 16.2. The predicted octanol–water partition coefficient (Wildman–Crippen LogP) is 1.34. The smallest absolute Gasteiger partial charge is 0.239 e. The molecule has 4 nitrogen and oxygen atoms in total. The third-order valence-corrected chi connectivity index (χ3v) is 3.31. The molecule has 0 aromatic rings. The minimum Gasteiger partial charge on any atom is -0.368 e. The van der Waals surface area contributed by atoms with Gasteiger partial charge in [-0.15, -0.1) is 0 Å². The van der Waals surface area contributed by atoms with Gasteiger partial charge >= 0.3 is 0 Å². The quantitative estimate of drug-likeness (QED) is 0.742. The minimum absolute atomic E-state index is 0.0585. The molecule has 16 heavy (non-hydrogen) atoms. The van der Waals surface area contributed by atoms with Crippen LogP contribution < -0.4 is 11.1 Å². The molecular weight excluding hydrogens is 204 g/mol. The van der Waals surface area contributed by atoms with Crippen LogP contribution in [0.5, 0.6) is 0 Å². The maximum Gasteiger partial charge on any atom is 0.239 e. The first-order valence-corrected chi connectivity index (χ1v) is 6.18. The van der Waals surface area contributed by atoms with Crippen molar-refractivity contribution in [1.82, 2.24) is 5.32 Å². The van der Waals surface area contributed by atoms with Crippen LogP contribution in [0.25, 0.3) is 0 Å². The average molecular weight is 226 g/mol. The van der Waals surface area contributed by atoms with E-state index in [-0.39, 0.29) is 5.91 Å². The van der Waals surface area contributed by atoms with E-state index in [2.05, 4.69) is 5.32 Å². The van der Waals surface area contributed by atoms with Crippen LogP contribution in [-0.4, -0.2) is 17.9 Å². The summed E-state index contributed by atoms with van der Waals surface area (Å²) in [4.78, 5) is 22.2. The Morgan fingerprint density at radius 3 is 2.50 bits per heavy atom. The summed E-state index contributed by atoms with van der Waals surface area (Å²) in [6.07, 6.45) is 7.88. The molecule has 92 valence electrons. The maximum atomic E-state index is 11.5. The van der Waals surface area contributed by atoms with Crippen molar-refractivity contribution < 1.29 is 9.59 Å². The van der Waals surface area contributed by atoms with Crippen molar-refractivity contribution in [3.8, 4) is 0 Å². The highest BCUT2D eigenvalue weighted by Gasteiger charge is 2.16. The Bertz CT molecular complexity index is 247. The van der Waals surface area contributed by atoms with Gasteiger partial charge < -0.3 is 11.1 Å². The van der Waals surface area contributed by atoms with E-state index in [9.17, 15) is 9.59 Å². The SMILES string of the molecule is CC(NC(=O)CCC1CCCCC1)C(N)=O. The molecule has 0 saturated heterocycles. The van der Waals surface area contributed by atoms with E-state index in [1.54, 1.807) is 6.92 Å². The van der Waals surface area contributed by atoms with Crippen LogP contribution in [0.3, 0.4) is 0 Å². The molecule has 1 atom stereocenters. The monoisotopic (exact) mass is 226 g/mol. The van der Waals surface area contributed by atoms with E-state index in [0.717, 1.165) is 6.42 Å². The maximum absolute atomic E-state index is 11.5. The second-order valence-corrected chi connectivity index (χ2v) is 4.73. The molecule has 1 fully saturated rings. The molecule has 0 heterocycles. The first kappa shape index (κ1) is 13.0. The number of nitrogens with one attached hydrogen (secondary N) is 1. The zero-order valence-corrected chi connectivity index (χ0v) is 10.00. The number of hydrogen-bond acceptors (Lipinski definition) is 2. The van der Waals surface area contributed by atoms with E-state index in [1.807, 2.05) is 0 Å². The molecule has 0 bridgehead atoms. The topological polar surface area (TPSA) is 72.2 Å². The highest BCUT2D eigenvalue weighted by molar-refractivity contribution is 5.86. The summed E-state index contributed by atoms with van der Waals surface area (Å²) in [5.74, 6) is 0.159. The zero-order chi connectivity index (χ0) is 12.0. The van der Waals surface area contributed by atoms with E-state index in [1.165, 1.54) is 32.1 Å². The molecule has 0 aromatic heterocycles. The molecule has 0 radical (unpaired) electrons. The van der Waals surface area contributed by atoms with E-state index < -0.39 is 11.9 Å². The van der Waals surface area contributed by atoms with Crippen LogP contribution in [-0.2, 0) is 9.59 Å². The van der Waals surface area contributed by atoms with Crippen LogP contribution in [0.4, 0.5) is 0 Å². The Morgan fingerprint density at radius 1 is 1.31 bits per heavy atom. The lowest BCUT2D eigenvalue weighted by Gasteiger charge is -2.21. The summed E-state index contributed by atoms with van der Waals surface area (Å²) in [6, 6.07) is -0.557. The molecular formula is C12H22N2O2. The number of primary amides is 1. The number of nitrogens with two attached hydrogens (primary N) is 1. The van der Waals surface area contributed by atoms with E-state index in [4.69, 9.17) is 5.73 Å². The first-order valence-electron chi connectivity index (χ1n) is 6.18. The fourth-order valence-electron chi connectivity index (χ4n) is 2.20. The van der Waals surface area contributed by atoms with Gasteiger partial charge in [0.15, 0.2) is 0 Å². The third kappa shape index (κ3) is 4.64. The van der Waals surface area contributed by atoms with Gasteiger partial charge in [0.05, 0.1) is 0 Å². The fourth-order valence-corrected chi connectivity index (χ4v) is 2.20. The Kier molecular flexibility index (Phi) is 5.29. The summed E-state index contributed by atoms with van der Waals surface area (Å²) in [5, 5.41) is 2.61. The van der Waals surface area contributed by atoms with Crippen molar-refractivity contribution in [3.63, 3.8) is 0 Å². The van der Waals surface area contributed by atoms with Crippen LogP contribution in [0.2, 0.25) is 0 Å². The molecule has 1 aliphatic rings. The molecule has 2 amide bonds.